The molecule has 2 heterocycles. The number of hydrogen-bond donors (Lipinski definition) is 1. The van der Waals surface area contributed by atoms with Crippen LogP contribution in [-0.4, -0.2) is 28.9 Å². The molecule has 0 bridgehead atoms. The van der Waals surface area contributed by atoms with Crippen LogP contribution >= 0.6 is 0 Å². The number of rotatable bonds is 1. The van der Waals surface area contributed by atoms with Gasteiger partial charge < -0.3 is 9.88 Å². The van der Waals surface area contributed by atoms with Crippen molar-refractivity contribution in [3.05, 3.63) is 34.2 Å². The molecule has 1 aromatic heterocycles. The normalized spacial score (nSPS) is 19.1. The van der Waals surface area contributed by atoms with Gasteiger partial charge in [-0.1, -0.05) is 19.9 Å². The van der Waals surface area contributed by atoms with Crippen molar-refractivity contribution in [2.24, 2.45) is 5.41 Å². The average Bonchev–Trinajstić information content (AvgIpc) is 2.28. The summed E-state index contributed by atoms with van der Waals surface area (Å²) in [5.41, 5.74) is 0.478. The maximum atomic E-state index is 12.1. The predicted octanol–water partition coefficient (Wildman–Crippen LogP) is 1.64. The SMILES string of the molecule is CC1(C)CCN(C(=O)c2cccc(=O)[nH]2)CC1. The van der Waals surface area contributed by atoms with Gasteiger partial charge in [-0.3, -0.25) is 9.59 Å². The van der Waals surface area contributed by atoms with E-state index in [1.54, 1.807) is 12.1 Å². The number of likely N-dealkylation sites (tertiary alicyclic amines) is 1. The number of carbonyl (C=O) groups is 1. The van der Waals surface area contributed by atoms with Crippen LogP contribution in [0.4, 0.5) is 0 Å². The van der Waals surface area contributed by atoms with Crippen LogP contribution in [0.15, 0.2) is 23.0 Å². The van der Waals surface area contributed by atoms with Crippen LogP contribution in [0.5, 0.6) is 0 Å². The molecular formula is C13H18N2O2. The van der Waals surface area contributed by atoms with E-state index in [2.05, 4.69) is 18.8 Å². The van der Waals surface area contributed by atoms with E-state index in [4.69, 9.17) is 0 Å². The van der Waals surface area contributed by atoms with Crippen molar-refractivity contribution in [1.82, 2.24) is 9.88 Å². The van der Waals surface area contributed by atoms with E-state index in [0.717, 1.165) is 25.9 Å². The first-order chi connectivity index (χ1) is 7.98. The molecule has 1 N–H and O–H groups in total. The third-order valence-corrected chi connectivity index (χ3v) is 3.40. The molecule has 0 unspecified atom stereocenters. The van der Waals surface area contributed by atoms with Crippen LogP contribution in [0.2, 0.25) is 0 Å². The highest BCUT2D eigenvalue weighted by molar-refractivity contribution is 5.92. The topological polar surface area (TPSA) is 53.2 Å². The number of piperidine rings is 1. The number of H-pyrrole nitrogens is 1. The van der Waals surface area contributed by atoms with Gasteiger partial charge in [-0.15, -0.1) is 0 Å². The van der Waals surface area contributed by atoms with Crippen molar-refractivity contribution in [3.63, 3.8) is 0 Å². The van der Waals surface area contributed by atoms with Gasteiger partial charge in [-0.2, -0.15) is 0 Å². The van der Waals surface area contributed by atoms with Crippen LogP contribution in [-0.2, 0) is 0 Å². The van der Waals surface area contributed by atoms with Crippen LogP contribution < -0.4 is 5.56 Å². The van der Waals surface area contributed by atoms with E-state index in [-0.39, 0.29) is 11.5 Å². The molecule has 0 aliphatic carbocycles. The highest BCUT2D eigenvalue weighted by Gasteiger charge is 2.28. The van der Waals surface area contributed by atoms with Gasteiger partial charge in [0.1, 0.15) is 5.69 Å². The van der Waals surface area contributed by atoms with Crippen LogP contribution in [0.1, 0.15) is 37.2 Å². The zero-order valence-electron chi connectivity index (χ0n) is 10.3. The first kappa shape index (κ1) is 11.9. The lowest BCUT2D eigenvalue weighted by molar-refractivity contribution is 0.0624. The van der Waals surface area contributed by atoms with Gasteiger partial charge in [0, 0.05) is 19.2 Å². The Labute approximate surface area is 101 Å². The lowest BCUT2D eigenvalue weighted by Gasteiger charge is -2.36. The highest BCUT2D eigenvalue weighted by Crippen LogP contribution is 2.29. The summed E-state index contributed by atoms with van der Waals surface area (Å²) in [6.07, 6.45) is 2.02. The number of amides is 1. The van der Waals surface area contributed by atoms with Gasteiger partial charge in [-0.05, 0) is 24.3 Å². The molecule has 0 aromatic carbocycles. The molecule has 4 heteroatoms. The fraction of sp³-hybridized carbons (Fsp3) is 0.538. The van der Waals surface area contributed by atoms with Crippen LogP contribution in [0, 0.1) is 5.41 Å². The zero-order chi connectivity index (χ0) is 12.5. The number of hydrogen-bond acceptors (Lipinski definition) is 2. The number of carbonyl (C=O) groups excluding carboxylic acids is 1. The first-order valence-corrected chi connectivity index (χ1v) is 5.97. The monoisotopic (exact) mass is 234 g/mol. The number of nitrogens with zero attached hydrogens (tertiary/aromatic N) is 1. The molecule has 1 saturated heterocycles. The number of aromatic nitrogens is 1. The number of pyridine rings is 1. The van der Waals surface area contributed by atoms with E-state index in [9.17, 15) is 9.59 Å². The Morgan fingerprint density at radius 3 is 2.53 bits per heavy atom. The Hall–Kier alpha value is -1.58. The maximum Gasteiger partial charge on any atom is 0.270 e. The Morgan fingerprint density at radius 1 is 1.29 bits per heavy atom. The summed E-state index contributed by atoms with van der Waals surface area (Å²) < 4.78 is 0. The van der Waals surface area contributed by atoms with E-state index in [1.807, 2.05) is 4.90 Å². The van der Waals surface area contributed by atoms with Gasteiger partial charge >= 0.3 is 0 Å². The Balaban J connectivity index is 2.09. The van der Waals surface area contributed by atoms with E-state index >= 15 is 0 Å². The zero-order valence-corrected chi connectivity index (χ0v) is 10.3. The molecule has 4 nitrogen and oxygen atoms in total. The van der Waals surface area contributed by atoms with Gasteiger partial charge in [-0.25, -0.2) is 0 Å². The third-order valence-electron chi connectivity index (χ3n) is 3.40. The molecule has 0 radical (unpaired) electrons. The minimum absolute atomic E-state index is 0.0711. The number of nitrogens with one attached hydrogen (secondary N) is 1. The summed E-state index contributed by atoms with van der Waals surface area (Å²) in [7, 11) is 0. The molecule has 0 atom stereocenters. The molecule has 1 aliphatic rings. The Bertz CT molecular complexity index is 466. The Morgan fingerprint density at radius 2 is 1.94 bits per heavy atom. The molecule has 1 fully saturated rings. The molecule has 17 heavy (non-hydrogen) atoms. The summed E-state index contributed by atoms with van der Waals surface area (Å²) >= 11 is 0. The first-order valence-electron chi connectivity index (χ1n) is 5.97. The largest absolute Gasteiger partial charge is 0.337 e. The summed E-state index contributed by atoms with van der Waals surface area (Å²) in [5.74, 6) is -0.0711. The van der Waals surface area contributed by atoms with Gasteiger partial charge in [0.05, 0.1) is 0 Å². The molecular weight excluding hydrogens is 216 g/mol. The fourth-order valence-electron chi connectivity index (χ4n) is 2.06. The lowest BCUT2D eigenvalue weighted by Crippen LogP contribution is -2.41. The third kappa shape index (κ3) is 2.75. The van der Waals surface area contributed by atoms with Crippen molar-refractivity contribution < 1.29 is 4.79 Å². The quantitative estimate of drug-likeness (QED) is 0.803. The molecule has 92 valence electrons. The molecule has 0 saturated carbocycles. The summed E-state index contributed by atoms with van der Waals surface area (Å²) in [5, 5.41) is 0. The number of aromatic amines is 1. The minimum Gasteiger partial charge on any atom is -0.337 e. The minimum atomic E-state index is -0.229. The van der Waals surface area contributed by atoms with Crippen molar-refractivity contribution in [2.45, 2.75) is 26.7 Å². The smallest absolute Gasteiger partial charge is 0.270 e. The summed E-state index contributed by atoms with van der Waals surface area (Å²) in [4.78, 5) is 27.7. The van der Waals surface area contributed by atoms with Gasteiger partial charge in [0.15, 0.2) is 0 Å². The second kappa shape index (κ2) is 4.35. The van der Waals surface area contributed by atoms with Crippen molar-refractivity contribution in [1.29, 1.82) is 0 Å². The van der Waals surface area contributed by atoms with E-state index in [1.165, 1.54) is 6.07 Å². The molecule has 2 rings (SSSR count). The predicted molar refractivity (Wildman–Crippen MR) is 66.0 cm³/mol. The molecule has 1 aliphatic heterocycles. The fourth-order valence-corrected chi connectivity index (χ4v) is 2.06. The summed E-state index contributed by atoms with van der Waals surface area (Å²) in [6.45, 7) is 5.98. The van der Waals surface area contributed by atoms with Gasteiger partial charge in [0.2, 0.25) is 5.56 Å². The van der Waals surface area contributed by atoms with Gasteiger partial charge in [0.25, 0.3) is 5.91 Å². The van der Waals surface area contributed by atoms with Crippen LogP contribution in [0.25, 0.3) is 0 Å². The van der Waals surface area contributed by atoms with Crippen LogP contribution in [0.3, 0.4) is 0 Å². The lowest BCUT2D eigenvalue weighted by atomic mass is 9.82. The maximum absolute atomic E-state index is 12.1. The Kier molecular flexibility index (Phi) is 3.05. The highest BCUT2D eigenvalue weighted by atomic mass is 16.2. The second-order valence-corrected chi connectivity index (χ2v) is 5.39. The standard InChI is InChI=1S/C13H18N2O2/c1-13(2)6-8-15(9-7-13)12(17)10-4-3-5-11(16)14-10/h3-5H,6-9H2,1-2H3,(H,14,16). The molecule has 1 aromatic rings. The summed E-state index contributed by atoms with van der Waals surface area (Å²) in [6, 6.07) is 4.68. The van der Waals surface area contributed by atoms with E-state index in [0.29, 0.717) is 11.1 Å². The second-order valence-electron chi connectivity index (χ2n) is 5.39. The van der Waals surface area contributed by atoms with E-state index < -0.39 is 0 Å². The molecule has 0 spiro atoms. The molecule has 1 amide bonds. The average molecular weight is 234 g/mol. The van der Waals surface area contributed by atoms with Crippen molar-refractivity contribution >= 4 is 5.91 Å². The van der Waals surface area contributed by atoms with Crippen molar-refractivity contribution in [2.75, 3.05) is 13.1 Å². The van der Waals surface area contributed by atoms with Crippen molar-refractivity contribution in [3.8, 4) is 0 Å².